The second-order valence-electron chi connectivity index (χ2n) is 5.01. The van der Waals surface area contributed by atoms with Gasteiger partial charge in [-0.3, -0.25) is 14.3 Å². The molecule has 0 aromatic heterocycles. The number of methoxy groups -OCH3 is 1. The molecular formula is C12H18N2O4S. The molecule has 0 aliphatic heterocycles. The molecule has 19 heavy (non-hydrogen) atoms. The fourth-order valence-corrected chi connectivity index (χ4v) is 3.07. The van der Waals surface area contributed by atoms with Crippen molar-refractivity contribution < 1.29 is 13.9 Å². The van der Waals surface area contributed by atoms with Crippen LogP contribution in [-0.2, 0) is 16.6 Å². The van der Waals surface area contributed by atoms with Gasteiger partial charge in [0.1, 0.15) is 5.75 Å². The van der Waals surface area contributed by atoms with E-state index in [-0.39, 0.29) is 11.4 Å². The fourth-order valence-electron chi connectivity index (χ4n) is 1.60. The number of hydrogen-bond acceptors (Lipinski definition) is 5. The molecule has 0 amide bonds. The zero-order valence-electron chi connectivity index (χ0n) is 11.2. The van der Waals surface area contributed by atoms with Crippen molar-refractivity contribution in [1.82, 2.24) is 0 Å². The number of nitrogens with zero attached hydrogens (tertiary/aromatic N) is 1. The number of non-ortho nitro benzene ring substituents is 1. The Labute approximate surface area is 114 Å². The Kier molecular flexibility index (Phi) is 5.02. The third-order valence-corrected chi connectivity index (χ3v) is 3.98. The van der Waals surface area contributed by atoms with E-state index in [1.165, 1.54) is 19.2 Å². The van der Waals surface area contributed by atoms with E-state index in [4.69, 9.17) is 10.5 Å². The Morgan fingerprint density at radius 3 is 2.53 bits per heavy atom. The Morgan fingerprint density at radius 2 is 2.05 bits per heavy atom. The van der Waals surface area contributed by atoms with Crippen molar-refractivity contribution >= 4 is 16.5 Å². The lowest BCUT2D eigenvalue weighted by atomic mass is 10.1. The second-order valence-corrected chi connectivity index (χ2v) is 6.47. The first-order valence-corrected chi connectivity index (χ1v) is 7.16. The smallest absolute Gasteiger partial charge is 0.273 e. The zero-order valence-corrected chi connectivity index (χ0v) is 12.0. The number of nitro benzene ring substituents is 1. The molecule has 0 aliphatic carbocycles. The highest BCUT2D eigenvalue weighted by molar-refractivity contribution is 7.84. The molecule has 1 atom stereocenters. The predicted octanol–water partition coefficient (Wildman–Crippen LogP) is 1.59. The van der Waals surface area contributed by atoms with Gasteiger partial charge in [-0.05, 0) is 25.5 Å². The van der Waals surface area contributed by atoms with Gasteiger partial charge in [-0.15, -0.1) is 0 Å². The topological polar surface area (TPSA) is 95.5 Å². The third-order valence-electron chi connectivity index (χ3n) is 2.26. The first-order chi connectivity index (χ1) is 8.71. The lowest BCUT2D eigenvalue weighted by molar-refractivity contribution is -0.385. The molecule has 7 heteroatoms. The standard InChI is InChI=1S/C12H18N2O4S/c1-12(2,13)8-19(17)7-9-4-10(14(15)16)6-11(5-9)18-3/h4-6H,7-8,13H2,1-3H3. The van der Waals surface area contributed by atoms with Crippen LogP contribution in [0.2, 0.25) is 0 Å². The van der Waals surface area contributed by atoms with Gasteiger partial charge in [-0.1, -0.05) is 0 Å². The summed E-state index contributed by atoms with van der Waals surface area (Å²) in [6.45, 7) is 3.58. The summed E-state index contributed by atoms with van der Waals surface area (Å²) in [6, 6.07) is 4.39. The van der Waals surface area contributed by atoms with Crippen molar-refractivity contribution in [3.63, 3.8) is 0 Å². The maximum Gasteiger partial charge on any atom is 0.273 e. The Hall–Kier alpha value is -1.47. The van der Waals surface area contributed by atoms with Crippen LogP contribution in [-0.4, -0.2) is 27.5 Å². The summed E-state index contributed by atoms with van der Waals surface area (Å²) in [4.78, 5) is 10.3. The quantitative estimate of drug-likeness (QED) is 0.633. The number of ether oxygens (including phenoxy) is 1. The summed E-state index contributed by atoms with van der Waals surface area (Å²) in [5.74, 6) is 0.935. The minimum Gasteiger partial charge on any atom is -0.496 e. The first kappa shape index (κ1) is 15.6. The Balaban J connectivity index is 2.91. The second kappa shape index (κ2) is 6.12. The average molecular weight is 286 g/mol. The van der Waals surface area contributed by atoms with Crippen LogP contribution in [0.25, 0.3) is 0 Å². The van der Waals surface area contributed by atoms with Gasteiger partial charge < -0.3 is 10.5 Å². The SMILES string of the molecule is COc1cc(CS(=O)CC(C)(C)N)cc([N+](=O)[O-])c1. The van der Waals surface area contributed by atoms with Crippen molar-refractivity contribution in [3.05, 3.63) is 33.9 Å². The lowest BCUT2D eigenvalue weighted by Gasteiger charge is -2.17. The largest absolute Gasteiger partial charge is 0.496 e. The van der Waals surface area contributed by atoms with Crippen LogP contribution in [0.4, 0.5) is 5.69 Å². The molecular weight excluding hydrogens is 268 g/mol. The van der Waals surface area contributed by atoms with Crippen molar-refractivity contribution in [2.45, 2.75) is 25.1 Å². The van der Waals surface area contributed by atoms with Gasteiger partial charge in [0.15, 0.2) is 0 Å². The highest BCUT2D eigenvalue weighted by atomic mass is 32.2. The molecule has 2 N–H and O–H groups in total. The van der Waals surface area contributed by atoms with E-state index < -0.39 is 21.3 Å². The molecule has 0 bridgehead atoms. The number of hydrogen-bond donors (Lipinski definition) is 1. The molecule has 0 fully saturated rings. The molecule has 0 spiro atoms. The molecule has 6 nitrogen and oxygen atoms in total. The number of nitro groups is 1. The van der Waals surface area contributed by atoms with Gasteiger partial charge in [0, 0.05) is 33.9 Å². The zero-order chi connectivity index (χ0) is 14.6. The minimum absolute atomic E-state index is 0.0710. The Morgan fingerprint density at radius 1 is 1.42 bits per heavy atom. The van der Waals surface area contributed by atoms with Crippen LogP contribution in [0, 0.1) is 10.1 Å². The molecule has 0 heterocycles. The normalized spacial score (nSPS) is 13.1. The maximum atomic E-state index is 11.9. The van der Waals surface area contributed by atoms with E-state index in [0.717, 1.165) is 0 Å². The van der Waals surface area contributed by atoms with Gasteiger partial charge >= 0.3 is 0 Å². The van der Waals surface area contributed by atoms with E-state index in [9.17, 15) is 14.3 Å². The minimum atomic E-state index is -1.18. The summed E-state index contributed by atoms with van der Waals surface area (Å²) < 4.78 is 16.9. The van der Waals surface area contributed by atoms with Gasteiger partial charge in [-0.2, -0.15) is 0 Å². The predicted molar refractivity (Wildman–Crippen MR) is 74.6 cm³/mol. The van der Waals surface area contributed by atoms with E-state index in [1.54, 1.807) is 19.9 Å². The summed E-state index contributed by atoms with van der Waals surface area (Å²) in [5, 5.41) is 10.8. The van der Waals surface area contributed by atoms with Gasteiger partial charge in [-0.25, -0.2) is 0 Å². The molecule has 1 rings (SSSR count). The number of benzene rings is 1. The molecule has 106 valence electrons. The summed E-state index contributed by atoms with van der Waals surface area (Å²) >= 11 is 0. The fraction of sp³-hybridized carbons (Fsp3) is 0.500. The van der Waals surface area contributed by atoms with Crippen LogP contribution in [0.5, 0.6) is 5.75 Å². The van der Waals surface area contributed by atoms with Crippen molar-refractivity contribution in [3.8, 4) is 5.75 Å². The number of nitrogens with two attached hydrogens (primary N) is 1. The molecule has 1 unspecified atom stereocenters. The van der Waals surface area contributed by atoms with Crippen LogP contribution in [0.1, 0.15) is 19.4 Å². The monoisotopic (exact) mass is 286 g/mol. The summed E-state index contributed by atoms with van der Waals surface area (Å²) in [5.41, 5.74) is 5.80. The molecule has 0 aliphatic rings. The van der Waals surface area contributed by atoms with Crippen LogP contribution in [0.15, 0.2) is 18.2 Å². The molecule has 1 aromatic rings. The highest BCUT2D eigenvalue weighted by Gasteiger charge is 2.17. The van der Waals surface area contributed by atoms with Crippen molar-refractivity contribution in [1.29, 1.82) is 0 Å². The molecule has 0 saturated heterocycles. The van der Waals surface area contributed by atoms with E-state index in [1.807, 2.05) is 0 Å². The third kappa shape index (κ3) is 5.35. The maximum absolute atomic E-state index is 11.9. The summed E-state index contributed by atoms with van der Waals surface area (Å²) in [6.07, 6.45) is 0. The lowest BCUT2D eigenvalue weighted by Crippen LogP contribution is -2.38. The van der Waals surface area contributed by atoms with E-state index in [2.05, 4.69) is 0 Å². The molecule has 1 aromatic carbocycles. The van der Waals surface area contributed by atoms with Gasteiger partial charge in [0.25, 0.3) is 5.69 Å². The highest BCUT2D eigenvalue weighted by Crippen LogP contribution is 2.23. The first-order valence-electron chi connectivity index (χ1n) is 5.67. The summed E-state index contributed by atoms with van der Waals surface area (Å²) in [7, 11) is 0.258. The van der Waals surface area contributed by atoms with Gasteiger partial charge in [0.05, 0.1) is 18.1 Å². The molecule has 0 radical (unpaired) electrons. The van der Waals surface area contributed by atoms with E-state index in [0.29, 0.717) is 17.1 Å². The van der Waals surface area contributed by atoms with Crippen LogP contribution in [0.3, 0.4) is 0 Å². The van der Waals surface area contributed by atoms with Crippen molar-refractivity contribution in [2.24, 2.45) is 5.73 Å². The van der Waals surface area contributed by atoms with Gasteiger partial charge in [0.2, 0.25) is 0 Å². The molecule has 0 saturated carbocycles. The van der Waals surface area contributed by atoms with Crippen LogP contribution < -0.4 is 10.5 Å². The van der Waals surface area contributed by atoms with Crippen LogP contribution >= 0.6 is 0 Å². The number of rotatable bonds is 6. The van der Waals surface area contributed by atoms with Crippen molar-refractivity contribution in [2.75, 3.05) is 12.9 Å². The Bertz CT molecular complexity index is 497. The average Bonchev–Trinajstić information content (AvgIpc) is 2.25. The van der Waals surface area contributed by atoms with E-state index >= 15 is 0 Å².